The van der Waals surface area contributed by atoms with Crippen LogP contribution in [0.1, 0.15) is 23.4 Å². The highest BCUT2D eigenvalue weighted by Gasteiger charge is 2.29. The number of aryl methyl sites for hydroxylation is 1. The Labute approximate surface area is 192 Å². The lowest BCUT2D eigenvalue weighted by molar-refractivity contribution is 0.0714. The van der Waals surface area contributed by atoms with Crippen LogP contribution in [0.15, 0.2) is 46.9 Å². The average molecular weight is 456 g/mol. The third-order valence-electron chi connectivity index (χ3n) is 5.57. The van der Waals surface area contributed by atoms with E-state index >= 15 is 0 Å². The maximum Gasteiger partial charge on any atom is 0.292 e. The minimum Gasteiger partial charge on any atom is -0.493 e. The van der Waals surface area contributed by atoms with E-state index in [0.717, 1.165) is 11.3 Å². The molecule has 32 heavy (non-hydrogen) atoms. The van der Waals surface area contributed by atoms with Crippen molar-refractivity contribution in [1.29, 1.82) is 0 Å². The SMILES string of the molecule is CCc1nc(-c2ccc(OC)c(OC)c2)c(C(=O)N2CCN(c3cccc(Cl)c3)CC2)o1. The standard InChI is InChI=1S/C24H26ClN3O4/c1-4-21-26-22(16-8-9-19(30-2)20(14-16)31-3)23(32-21)24(29)28-12-10-27(11-13-28)18-7-5-6-17(25)15-18/h5-9,14-15H,4,10-13H2,1-3H3. The molecule has 1 saturated heterocycles. The van der Waals surface area contributed by atoms with Gasteiger partial charge in [-0.1, -0.05) is 24.6 Å². The summed E-state index contributed by atoms with van der Waals surface area (Å²) < 4.78 is 16.6. The van der Waals surface area contributed by atoms with E-state index in [1.165, 1.54) is 0 Å². The molecule has 1 fully saturated rings. The van der Waals surface area contributed by atoms with E-state index in [2.05, 4.69) is 9.88 Å². The lowest BCUT2D eigenvalue weighted by Gasteiger charge is -2.35. The van der Waals surface area contributed by atoms with E-state index in [-0.39, 0.29) is 11.7 Å². The number of anilines is 1. The molecular weight excluding hydrogens is 430 g/mol. The van der Waals surface area contributed by atoms with Gasteiger partial charge >= 0.3 is 0 Å². The third-order valence-corrected chi connectivity index (χ3v) is 5.80. The maximum atomic E-state index is 13.4. The lowest BCUT2D eigenvalue weighted by Crippen LogP contribution is -2.48. The Balaban J connectivity index is 1.56. The van der Waals surface area contributed by atoms with Crippen LogP contribution < -0.4 is 14.4 Å². The van der Waals surface area contributed by atoms with Crippen molar-refractivity contribution in [1.82, 2.24) is 9.88 Å². The monoisotopic (exact) mass is 455 g/mol. The Morgan fingerprint density at radius 1 is 1.06 bits per heavy atom. The van der Waals surface area contributed by atoms with Gasteiger partial charge in [0.2, 0.25) is 5.76 Å². The number of aromatic nitrogens is 1. The fourth-order valence-electron chi connectivity index (χ4n) is 3.82. The summed E-state index contributed by atoms with van der Waals surface area (Å²) in [5.41, 5.74) is 2.32. The first kappa shape index (κ1) is 22.0. The van der Waals surface area contributed by atoms with Crippen LogP contribution in [-0.2, 0) is 6.42 Å². The van der Waals surface area contributed by atoms with Gasteiger partial charge in [0.1, 0.15) is 5.69 Å². The molecule has 0 spiro atoms. The van der Waals surface area contributed by atoms with Gasteiger partial charge in [0.05, 0.1) is 14.2 Å². The molecule has 0 N–H and O–H groups in total. The van der Waals surface area contributed by atoms with Crippen LogP contribution in [0.3, 0.4) is 0 Å². The van der Waals surface area contributed by atoms with Crippen LogP contribution >= 0.6 is 11.6 Å². The molecule has 1 aromatic heterocycles. The second-order valence-electron chi connectivity index (χ2n) is 7.47. The number of piperazine rings is 1. The summed E-state index contributed by atoms with van der Waals surface area (Å²) in [6.45, 7) is 4.54. The molecule has 2 aromatic carbocycles. The van der Waals surface area contributed by atoms with Crippen LogP contribution in [0.5, 0.6) is 11.5 Å². The van der Waals surface area contributed by atoms with Crippen LogP contribution in [0, 0.1) is 0 Å². The molecule has 7 nitrogen and oxygen atoms in total. The summed E-state index contributed by atoms with van der Waals surface area (Å²) in [4.78, 5) is 22.0. The van der Waals surface area contributed by atoms with E-state index in [9.17, 15) is 4.79 Å². The number of rotatable bonds is 6. The first-order valence-electron chi connectivity index (χ1n) is 10.6. The third kappa shape index (κ3) is 4.39. The molecule has 1 aliphatic rings. The average Bonchev–Trinajstić information content (AvgIpc) is 3.28. The highest BCUT2D eigenvalue weighted by molar-refractivity contribution is 6.30. The number of benzene rings is 2. The molecule has 3 aromatic rings. The number of methoxy groups -OCH3 is 2. The van der Waals surface area contributed by atoms with Crippen molar-refractivity contribution >= 4 is 23.2 Å². The summed E-state index contributed by atoms with van der Waals surface area (Å²) in [6.07, 6.45) is 0.593. The number of hydrogen-bond acceptors (Lipinski definition) is 6. The number of halogens is 1. The summed E-state index contributed by atoms with van der Waals surface area (Å²) in [5, 5.41) is 0.703. The number of hydrogen-bond donors (Lipinski definition) is 0. The second kappa shape index (κ2) is 9.53. The number of nitrogens with zero attached hydrogens (tertiary/aromatic N) is 3. The molecule has 0 atom stereocenters. The smallest absolute Gasteiger partial charge is 0.292 e. The number of carbonyl (C=O) groups excluding carboxylic acids is 1. The Kier molecular flexibility index (Phi) is 6.55. The zero-order valence-corrected chi connectivity index (χ0v) is 19.2. The van der Waals surface area contributed by atoms with Crippen LogP contribution in [0.2, 0.25) is 5.02 Å². The molecule has 1 amide bonds. The van der Waals surface area contributed by atoms with Crippen LogP contribution in [0.4, 0.5) is 5.69 Å². The minimum absolute atomic E-state index is 0.160. The van der Waals surface area contributed by atoms with Crippen LogP contribution in [0.25, 0.3) is 11.3 Å². The predicted molar refractivity (Wildman–Crippen MR) is 124 cm³/mol. The van der Waals surface area contributed by atoms with Crippen molar-refractivity contribution in [2.24, 2.45) is 0 Å². The van der Waals surface area contributed by atoms with Crippen molar-refractivity contribution < 1.29 is 18.7 Å². The lowest BCUT2D eigenvalue weighted by atomic mass is 10.1. The van der Waals surface area contributed by atoms with Crippen molar-refractivity contribution in [2.75, 3.05) is 45.3 Å². The topological polar surface area (TPSA) is 68.0 Å². The van der Waals surface area contributed by atoms with Gasteiger partial charge in [-0.2, -0.15) is 0 Å². The second-order valence-corrected chi connectivity index (χ2v) is 7.90. The van der Waals surface area contributed by atoms with Gasteiger partial charge in [0.25, 0.3) is 5.91 Å². The molecule has 2 heterocycles. The Morgan fingerprint density at radius 2 is 1.81 bits per heavy atom. The largest absolute Gasteiger partial charge is 0.493 e. The quantitative estimate of drug-likeness (QED) is 0.543. The summed E-state index contributed by atoms with van der Waals surface area (Å²) in [5.74, 6) is 1.80. The molecule has 8 heteroatoms. The highest BCUT2D eigenvalue weighted by Crippen LogP contribution is 2.34. The van der Waals surface area contributed by atoms with E-state index in [1.54, 1.807) is 20.3 Å². The van der Waals surface area contributed by atoms with Gasteiger partial charge in [-0.25, -0.2) is 4.98 Å². The molecule has 0 aliphatic carbocycles. The number of carbonyl (C=O) groups is 1. The number of amides is 1. The maximum absolute atomic E-state index is 13.4. The number of oxazole rings is 1. The van der Waals surface area contributed by atoms with E-state index in [1.807, 2.05) is 48.2 Å². The first-order chi connectivity index (χ1) is 15.5. The van der Waals surface area contributed by atoms with E-state index in [4.69, 9.17) is 25.5 Å². The minimum atomic E-state index is -0.160. The fourth-order valence-corrected chi connectivity index (χ4v) is 4.01. The van der Waals surface area contributed by atoms with E-state index < -0.39 is 0 Å². The van der Waals surface area contributed by atoms with Crippen LogP contribution in [-0.4, -0.2) is 56.2 Å². The van der Waals surface area contributed by atoms with Crippen molar-refractivity contribution in [3.63, 3.8) is 0 Å². The van der Waals surface area contributed by atoms with Gasteiger partial charge in [0, 0.05) is 48.9 Å². The Hall–Kier alpha value is -3.19. The first-order valence-corrected chi connectivity index (χ1v) is 10.9. The van der Waals surface area contributed by atoms with Gasteiger partial charge < -0.3 is 23.7 Å². The summed E-state index contributed by atoms with van der Waals surface area (Å²) in [6, 6.07) is 13.2. The highest BCUT2D eigenvalue weighted by atomic mass is 35.5. The van der Waals surface area contributed by atoms with Gasteiger partial charge in [-0.05, 0) is 36.4 Å². The molecule has 0 unspecified atom stereocenters. The Morgan fingerprint density at radius 3 is 2.47 bits per heavy atom. The molecule has 0 bridgehead atoms. The van der Waals surface area contributed by atoms with Gasteiger partial charge in [-0.15, -0.1) is 0 Å². The summed E-state index contributed by atoms with van der Waals surface area (Å²) in [7, 11) is 3.16. The van der Waals surface area contributed by atoms with Crippen molar-refractivity contribution in [2.45, 2.75) is 13.3 Å². The molecule has 1 aliphatic heterocycles. The Bertz CT molecular complexity index is 1110. The fraction of sp³-hybridized carbons (Fsp3) is 0.333. The predicted octanol–water partition coefficient (Wildman–Crippen LogP) is 4.54. The molecule has 4 rings (SSSR count). The van der Waals surface area contributed by atoms with E-state index in [0.29, 0.717) is 60.7 Å². The zero-order valence-electron chi connectivity index (χ0n) is 18.4. The summed E-state index contributed by atoms with van der Waals surface area (Å²) >= 11 is 6.13. The molecule has 168 valence electrons. The molecule has 0 saturated carbocycles. The van der Waals surface area contributed by atoms with Gasteiger partial charge in [0.15, 0.2) is 17.4 Å². The van der Waals surface area contributed by atoms with Gasteiger partial charge in [-0.3, -0.25) is 4.79 Å². The zero-order chi connectivity index (χ0) is 22.7. The molecular formula is C24H26ClN3O4. The van der Waals surface area contributed by atoms with Crippen molar-refractivity contribution in [3.8, 4) is 22.8 Å². The number of ether oxygens (including phenoxy) is 2. The normalized spacial score (nSPS) is 13.9. The van der Waals surface area contributed by atoms with Crippen molar-refractivity contribution in [3.05, 3.63) is 59.1 Å². The molecule has 0 radical (unpaired) electrons.